The molecule has 0 amide bonds. The molecule has 3 N–H and O–H groups in total. The Bertz CT molecular complexity index is 537. The first-order valence-electron chi connectivity index (χ1n) is 4.61. The molecule has 0 aliphatic rings. The van der Waals surface area contributed by atoms with Crippen LogP contribution in [0, 0.1) is 0 Å². The Morgan fingerprint density at radius 3 is 2.94 bits per heavy atom. The monoisotopic (exact) mass is 314 g/mol. The van der Waals surface area contributed by atoms with Crippen molar-refractivity contribution in [1.29, 1.82) is 0 Å². The van der Waals surface area contributed by atoms with Gasteiger partial charge in [0.2, 0.25) is 11.8 Å². The number of halogens is 2. The lowest BCUT2D eigenvalue weighted by molar-refractivity contribution is 0.459. The molecule has 7 heteroatoms. The Labute approximate surface area is 111 Å². The number of rotatable bonds is 3. The summed E-state index contributed by atoms with van der Waals surface area (Å²) in [6, 6.07) is 7.01. The molecule has 0 radical (unpaired) electrons. The number of aromatic nitrogens is 2. The third kappa shape index (κ3) is 3.06. The lowest BCUT2D eigenvalue weighted by Gasteiger charge is -2.07. The van der Waals surface area contributed by atoms with E-state index in [-0.39, 0.29) is 5.95 Å². The van der Waals surface area contributed by atoms with E-state index in [2.05, 4.69) is 31.3 Å². The summed E-state index contributed by atoms with van der Waals surface area (Å²) in [6.45, 7) is 0. The number of nitrogens with two attached hydrogens (primary N) is 1. The van der Waals surface area contributed by atoms with Crippen LogP contribution in [0.2, 0.25) is 5.02 Å². The fourth-order valence-corrected chi connectivity index (χ4v) is 1.59. The number of hydrogen-bond acceptors (Lipinski definition) is 5. The Hall–Kier alpha value is -1.37. The molecule has 0 unspecified atom stereocenters. The first-order chi connectivity index (χ1) is 8.19. The maximum absolute atomic E-state index is 5.85. The summed E-state index contributed by atoms with van der Waals surface area (Å²) in [6.07, 6.45) is 1.54. The minimum Gasteiger partial charge on any atom is -0.438 e. The molecule has 5 nitrogen and oxygen atoms in total. The fraction of sp³-hybridized carbons (Fsp3) is 0. The fourth-order valence-electron chi connectivity index (χ4n) is 1.13. The van der Waals surface area contributed by atoms with Crippen LogP contribution in [0.4, 0.5) is 5.95 Å². The molecular weight excluding hydrogens is 307 g/mol. The van der Waals surface area contributed by atoms with Crippen LogP contribution in [0.3, 0.4) is 0 Å². The maximum atomic E-state index is 5.85. The van der Waals surface area contributed by atoms with Crippen LogP contribution < -0.4 is 16.0 Å². The molecule has 0 atom stereocenters. The average Bonchev–Trinajstić information content (AvgIpc) is 2.32. The number of benzene rings is 1. The minimum atomic E-state index is 0.269. The maximum Gasteiger partial charge on any atom is 0.240 e. The molecule has 17 heavy (non-hydrogen) atoms. The molecule has 1 heterocycles. The van der Waals surface area contributed by atoms with Gasteiger partial charge in [0.25, 0.3) is 0 Å². The Balaban J connectivity index is 2.29. The lowest BCUT2D eigenvalue weighted by Crippen LogP contribution is -2.10. The van der Waals surface area contributed by atoms with Crippen molar-refractivity contribution in [2.75, 3.05) is 5.43 Å². The van der Waals surface area contributed by atoms with Crippen LogP contribution in [0.25, 0.3) is 0 Å². The highest BCUT2D eigenvalue weighted by Gasteiger charge is 2.07. The summed E-state index contributed by atoms with van der Waals surface area (Å²) >= 11 is 9.14. The van der Waals surface area contributed by atoms with Gasteiger partial charge in [-0.1, -0.05) is 17.7 Å². The number of hydrogen-bond donors (Lipinski definition) is 2. The predicted molar refractivity (Wildman–Crippen MR) is 69.1 cm³/mol. The Morgan fingerprint density at radius 1 is 1.41 bits per heavy atom. The van der Waals surface area contributed by atoms with Gasteiger partial charge < -0.3 is 4.74 Å². The molecule has 0 saturated carbocycles. The molecule has 1 aromatic heterocycles. The number of ether oxygens (including phenoxy) is 1. The highest BCUT2D eigenvalue weighted by Crippen LogP contribution is 2.28. The van der Waals surface area contributed by atoms with E-state index in [1.54, 1.807) is 30.5 Å². The number of hydrazine groups is 1. The van der Waals surface area contributed by atoms with E-state index in [4.69, 9.17) is 22.2 Å². The number of nitrogen functional groups attached to an aromatic ring is 1. The van der Waals surface area contributed by atoms with Crippen LogP contribution in [-0.4, -0.2) is 9.97 Å². The second kappa shape index (κ2) is 5.31. The van der Waals surface area contributed by atoms with Crippen LogP contribution in [0.15, 0.2) is 34.9 Å². The van der Waals surface area contributed by atoms with E-state index < -0.39 is 0 Å². The number of nitrogens with zero attached hydrogens (tertiary/aromatic N) is 2. The van der Waals surface area contributed by atoms with Crippen molar-refractivity contribution >= 4 is 33.5 Å². The van der Waals surface area contributed by atoms with Crippen LogP contribution >= 0.6 is 27.5 Å². The Morgan fingerprint density at radius 2 is 2.24 bits per heavy atom. The average molecular weight is 316 g/mol. The molecule has 1 aromatic carbocycles. The molecule has 0 fully saturated rings. The van der Waals surface area contributed by atoms with Crippen molar-refractivity contribution in [2.45, 2.75) is 0 Å². The van der Waals surface area contributed by atoms with Crippen LogP contribution in [0.5, 0.6) is 11.6 Å². The van der Waals surface area contributed by atoms with Gasteiger partial charge in [0.1, 0.15) is 5.75 Å². The molecule has 2 rings (SSSR count). The van der Waals surface area contributed by atoms with Gasteiger partial charge in [0.05, 0.1) is 10.7 Å². The molecule has 0 spiro atoms. The third-order valence-corrected chi connectivity index (χ3v) is 2.63. The summed E-state index contributed by atoms with van der Waals surface area (Å²) in [7, 11) is 0. The van der Waals surface area contributed by atoms with Gasteiger partial charge in [-0.05, 0) is 34.1 Å². The second-order valence-corrected chi connectivity index (χ2v) is 4.34. The van der Waals surface area contributed by atoms with Gasteiger partial charge in [-0.3, -0.25) is 5.43 Å². The molecule has 0 bridgehead atoms. The summed E-state index contributed by atoms with van der Waals surface area (Å²) in [5.74, 6) is 6.43. The predicted octanol–water partition coefficient (Wildman–Crippen LogP) is 2.97. The topological polar surface area (TPSA) is 73.1 Å². The van der Waals surface area contributed by atoms with Gasteiger partial charge in [0.15, 0.2) is 0 Å². The quantitative estimate of drug-likeness (QED) is 0.673. The first-order valence-corrected chi connectivity index (χ1v) is 5.78. The van der Waals surface area contributed by atoms with E-state index in [1.807, 2.05) is 0 Å². The van der Waals surface area contributed by atoms with Gasteiger partial charge in [-0.15, -0.1) is 0 Å². The van der Waals surface area contributed by atoms with Gasteiger partial charge >= 0.3 is 0 Å². The highest BCUT2D eigenvalue weighted by molar-refractivity contribution is 9.10. The zero-order valence-electron chi connectivity index (χ0n) is 8.52. The van der Waals surface area contributed by atoms with Crippen molar-refractivity contribution in [2.24, 2.45) is 5.84 Å². The summed E-state index contributed by atoms with van der Waals surface area (Å²) < 4.78 is 6.18. The van der Waals surface area contributed by atoms with Crippen molar-refractivity contribution in [3.05, 3.63) is 40.0 Å². The second-order valence-electron chi connectivity index (χ2n) is 3.05. The molecule has 0 saturated heterocycles. The normalized spacial score (nSPS) is 10.1. The molecule has 88 valence electrons. The number of anilines is 1. The van der Waals surface area contributed by atoms with Gasteiger partial charge in [-0.25, -0.2) is 10.8 Å². The summed E-state index contributed by atoms with van der Waals surface area (Å²) in [4.78, 5) is 7.97. The van der Waals surface area contributed by atoms with E-state index in [0.29, 0.717) is 21.1 Å². The third-order valence-electron chi connectivity index (χ3n) is 1.85. The van der Waals surface area contributed by atoms with Crippen molar-refractivity contribution < 1.29 is 4.74 Å². The zero-order valence-corrected chi connectivity index (χ0v) is 10.9. The standard InChI is InChI=1S/C10H8BrClN4O/c11-8-5-14-10(16-13)15-9(8)17-7-3-1-2-6(12)4-7/h1-5H,13H2,(H,14,15,16). The highest BCUT2D eigenvalue weighted by atomic mass is 79.9. The van der Waals surface area contributed by atoms with Crippen molar-refractivity contribution in [3.8, 4) is 11.6 Å². The van der Waals surface area contributed by atoms with Gasteiger partial charge in [0, 0.05) is 5.02 Å². The SMILES string of the molecule is NNc1ncc(Br)c(Oc2cccc(Cl)c2)n1. The van der Waals surface area contributed by atoms with E-state index in [1.165, 1.54) is 0 Å². The lowest BCUT2D eigenvalue weighted by atomic mass is 10.3. The molecule has 0 aliphatic heterocycles. The molecule has 0 aliphatic carbocycles. The summed E-state index contributed by atoms with van der Waals surface area (Å²) in [5, 5.41) is 0.588. The summed E-state index contributed by atoms with van der Waals surface area (Å²) in [5.41, 5.74) is 2.34. The zero-order chi connectivity index (χ0) is 12.3. The largest absolute Gasteiger partial charge is 0.438 e. The number of nitrogens with one attached hydrogen (secondary N) is 1. The van der Waals surface area contributed by atoms with E-state index in [9.17, 15) is 0 Å². The van der Waals surface area contributed by atoms with Crippen LogP contribution in [-0.2, 0) is 0 Å². The first kappa shape index (κ1) is 12.1. The Kier molecular flexibility index (Phi) is 3.78. The van der Waals surface area contributed by atoms with Gasteiger partial charge in [-0.2, -0.15) is 4.98 Å². The molecule has 2 aromatic rings. The molecular formula is C10H8BrClN4O. The smallest absolute Gasteiger partial charge is 0.240 e. The van der Waals surface area contributed by atoms with E-state index >= 15 is 0 Å². The van der Waals surface area contributed by atoms with E-state index in [0.717, 1.165) is 0 Å². The van der Waals surface area contributed by atoms with Crippen molar-refractivity contribution in [1.82, 2.24) is 9.97 Å². The van der Waals surface area contributed by atoms with Crippen molar-refractivity contribution in [3.63, 3.8) is 0 Å². The van der Waals surface area contributed by atoms with Crippen LogP contribution in [0.1, 0.15) is 0 Å². The minimum absolute atomic E-state index is 0.269.